The van der Waals surface area contributed by atoms with E-state index in [1.807, 2.05) is 20.0 Å². The number of ether oxygens (including phenoxy) is 4. The summed E-state index contributed by atoms with van der Waals surface area (Å²) in [5, 5.41) is 14.8. The van der Waals surface area contributed by atoms with Gasteiger partial charge in [-0.15, -0.1) is 0 Å². The van der Waals surface area contributed by atoms with E-state index >= 15 is 0 Å². The Balaban J connectivity index is 1.22. The van der Waals surface area contributed by atoms with Crippen LogP contribution in [0.15, 0.2) is 24.0 Å². The number of likely N-dealkylation sites (N-methyl/N-ethyl adjacent to an activating group) is 1. The zero-order valence-electron chi connectivity index (χ0n) is 22.3. The van der Waals surface area contributed by atoms with Gasteiger partial charge in [-0.05, 0) is 57.5 Å². The molecule has 1 amide bonds. The van der Waals surface area contributed by atoms with Crippen molar-refractivity contribution in [2.45, 2.75) is 94.5 Å². The number of benzene rings is 1. The number of rotatable bonds is 5. The first-order valence-corrected chi connectivity index (χ1v) is 13.2. The molecule has 0 unspecified atom stereocenters. The van der Waals surface area contributed by atoms with E-state index in [9.17, 15) is 19.5 Å². The van der Waals surface area contributed by atoms with Crippen molar-refractivity contribution in [1.82, 2.24) is 10.2 Å². The highest BCUT2D eigenvalue weighted by Gasteiger charge is 2.71. The lowest BCUT2D eigenvalue weighted by Gasteiger charge is -2.61. The standard InChI is InChI=1S/C28H34N2O8/c1-14-6-7-16-12-19-28(34)9-8-17(23-27(28,10-11-30(19)5)21(16)22(14)36-23)35-24(32)15(2)29-20(31)13-18-25(33)38-26(3,4)37-18/h6-8,15,18-19,23,34H,9-13H2,1-5H3,(H,29,31)/t15-,18-,19+,23-,27-,28+/m0/s1. The van der Waals surface area contributed by atoms with Gasteiger partial charge >= 0.3 is 11.9 Å². The highest BCUT2D eigenvalue weighted by molar-refractivity contribution is 5.88. The average Bonchev–Trinajstić information content (AvgIpc) is 3.32. The predicted molar refractivity (Wildman–Crippen MR) is 133 cm³/mol. The third-order valence-electron chi connectivity index (χ3n) is 8.93. The van der Waals surface area contributed by atoms with Crippen molar-refractivity contribution >= 4 is 17.8 Å². The van der Waals surface area contributed by atoms with Gasteiger partial charge in [-0.2, -0.15) is 0 Å². The smallest absolute Gasteiger partial charge is 0.338 e. The Morgan fingerprint density at radius 1 is 1.32 bits per heavy atom. The fourth-order valence-corrected chi connectivity index (χ4v) is 7.17. The van der Waals surface area contributed by atoms with E-state index in [1.165, 1.54) is 12.5 Å². The number of aryl methyl sites for hydroxylation is 1. The minimum absolute atomic E-state index is 0.0790. The summed E-state index contributed by atoms with van der Waals surface area (Å²) in [5.41, 5.74) is 1.41. The molecule has 6 atom stereocenters. The first-order chi connectivity index (χ1) is 17.9. The van der Waals surface area contributed by atoms with Gasteiger partial charge < -0.3 is 34.3 Å². The van der Waals surface area contributed by atoms with Crippen LogP contribution < -0.4 is 10.1 Å². The lowest BCUT2D eigenvalue weighted by molar-refractivity contribution is -0.170. The maximum absolute atomic E-state index is 13.1. The van der Waals surface area contributed by atoms with Gasteiger partial charge in [0.1, 0.15) is 17.6 Å². The highest BCUT2D eigenvalue weighted by atomic mass is 16.8. The fraction of sp³-hybridized carbons (Fsp3) is 0.607. The molecule has 0 saturated carbocycles. The molecule has 0 aromatic heterocycles. The largest absolute Gasteiger partial charge is 0.481 e. The van der Waals surface area contributed by atoms with Crippen LogP contribution in [0.1, 0.15) is 56.7 Å². The number of amides is 1. The summed E-state index contributed by atoms with van der Waals surface area (Å²) in [4.78, 5) is 39.8. The van der Waals surface area contributed by atoms with Crippen LogP contribution in [0.25, 0.3) is 0 Å². The number of nitrogens with one attached hydrogen (secondary N) is 1. The van der Waals surface area contributed by atoms with Crippen molar-refractivity contribution in [3.63, 3.8) is 0 Å². The molecular weight excluding hydrogens is 492 g/mol. The molecule has 2 fully saturated rings. The molecule has 2 aliphatic carbocycles. The maximum Gasteiger partial charge on any atom is 0.338 e. The SMILES string of the molecule is Cc1ccc2c3c1O[C@H]1C(OC(=O)[C@H](C)NC(=O)C[C@@H]4OC(C)(C)OC4=O)=CC[C@@]4(O)[C@@H](C2)N(C)CC[C@]314. The number of nitrogens with zero attached hydrogens (tertiary/aromatic N) is 1. The van der Waals surface area contributed by atoms with Gasteiger partial charge in [-0.1, -0.05) is 12.1 Å². The average molecular weight is 527 g/mol. The van der Waals surface area contributed by atoms with Crippen LogP contribution in [-0.4, -0.2) is 77.1 Å². The Kier molecular flexibility index (Phi) is 5.52. The fourth-order valence-electron chi connectivity index (χ4n) is 7.17. The minimum Gasteiger partial charge on any atom is -0.481 e. The molecule has 3 aliphatic heterocycles. The van der Waals surface area contributed by atoms with E-state index in [-0.39, 0.29) is 12.5 Å². The van der Waals surface area contributed by atoms with Crippen LogP contribution in [0, 0.1) is 6.92 Å². The van der Waals surface area contributed by atoms with Crippen LogP contribution >= 0.6 is 0 Å². The van der Waals surface area contributed by atoms with Gasteiger partial charge in [-0.25, -0.2) is 9.59 Å². The molecule has 1 aromatic carbocycles. The van der Waals surface area contributed by atoms with Crippen molar-refractivity contribution in [3.05, 3.63) is 40.7 Å². The summed E-state index contributed by atoms with van der Waals surface area (Å²) in [6.07, 6.45) is 1.54. The van der Waals surface area contributed by atoms with Gasteiger partial charge in [0.25, 0.3) is 0 Å². The molecule has 0 radical (unpaired) electrons. The third kappa shape index (κ3) is 3.46. The number of carbonyl (C=O) groups is 3. The number of cyclic esters (lactones) is 1. The second kappa shape index (κ2) is 8.27. The van der Waals surface area contributed by atoms with E-state index in [4.69, 9.17) is 18.9 Å². The molecule has 3 heterocycles. The Morgan fingerprint density at radius 3 is 2.79 bits per heavy atom. The monoisotopic (exact) mass is 526 g/mol. The zero-order valence-corrected chi connectivity index (χ0v) is 22.3. The van der Waals surface area contributed by atoms with E-state index in [1.54, 1.807) is 19.9 Å². The summed E-state index contributed by atoms with van der Waals surface area (Å²) in [7, 11) is 2.04. The number of aliphatic hydroxyl groups is 1. The van der Waals surface area contributed by atoms with Crippen molar-refractivity contribution in [1.29, 1.82) is 0 Å². The van der Waals surface area contributed by atoms with Gasteiger partial charge in [0.05, 0.1) is 17.4 Å². The molecular formula is C28H34N2O8. The van der Waals surface area contributed by atoms with Crippen LogP contribution in [0.3, 0.4) is 0 Å². The zero-order chi connectivity index (χ0) is 27.2. The number of hydrogen-bond donors (Lipinski definition) is 2. The highest BCUT2D eigenvalue weighted by Crippen LogP contribution is 2.64. The van der Waals surface area contributed by atoms with E-state index in [0.29, 0.717) is 18.6 Å². The Hall–Kier alpha value is -2.95. The van der Waals surface area contributed by atoms with Gasteiger partial charge in [0, 0.05) is 31.9 Å². The summed E-state index contributed by atoms with van der Waals surface area (Å²) in [6, 6.07) is 3.11. The van der Waals surface area contributed by atoms with Crippen LogP contribution in [0.5, 0.6) is 5.75 Å². The molecule has 2 saturated heterocycles. The second-order valence-electron chi connectivity index (χ2n) is 11.7. The molecule has 204 valence electrons. The minimum atomic E-state index is -1.09. The molecule has 10 heteroatoms. The molecule has 5 aliphatic rings. The normalized spacial score (nSPS) is 34.9. The third-order valence-corrected chi connectivity index (χ3v) is 8.93. The Bertz CT molecular complexity index is 1270. The van der Waals surface area contributed by atoms with Crippen molar-refractivity contribution in [3.8, 4) is 5.75 Å². The predicted octanol–water partition coefficient (Wildman–Crippen LogP) is 1.39. The summed E-state index contributed by atoms with van der Waals surface area (Å²) in [6.45, 7) is 7.48. The van der Waals surface area contributed by atoms with Crippen molar-refractivity contribution in [2.75, 3.05) is 13.6 Å². The molecule has 2 N–H and O–H groups in total. The van der Waals surface area contributed by atoms with Crippen LogP contribution in [0.4, 0.5) is 0 Å². The first kappa shape index (κ1) is 25.3. The van der Waals surface area contributed by atoms with Crippen LogP contribution in [-0.2, 0) is 40.4 Å². The van der Waals surface area contributed by atoms with Crippen molar-refractivity contribution in [2.24, 2.45) is 0 Å². The summed E-state index contributed by atoms with van der Waals surface area (Å²) >= 11 is 0. The Morgan fingerprint density at radius 2 is 2.08 bits per heavy atom. The summed E-state index contributed by atoms with van der Waals surface area (Å²) < 4.78 is 22.9. The topological polar surface area (TPSA) is 124 Å². The van der Waals surface area contributed by atoms with Crippen LogP contribution in [0.2, 0.25) is 0 Å². The molecule has 1 aromatic rings. The quantitative estimate of drug-likeness (QED) is 0.548. The van der Waals surface area contributed by atoms with Gasteiger partial charge in [0.2, 0.25) is 11.7 Å². The molecule has 10 nitrogen and oxygen atoms in total. The Labute approximate surface area is 221 Å². The number of hydrogen-bond acceptors (Lipinski definition) is 9. The van der Waals surface area contributed by atoms with Crippen molar-refractivity contribution < 1.29 is 38.4 Å². The first-order valence-electron chi connectivity index (χ1n) is 13.2. The molecule has 1 spiro atoms. The number of likely N-dealkylation sites (tertiary alicyclic amines) is 1. The maximum atomic E-state index is 13.1. The lowest BCUT2D eigenvalue weighted by atomic mass is 9.50. The molecule has 38 heavy (non-hydrogen) atoms. The second-order valence-corrected chi connectivity index (χ2v) is 11.7. The molecule has 2 bridgehead atoms. The van der Waals surface area contributed by atoms with Gasteiger partial charge in [-0.3, -0.25) is 4.79 Å². The summed E-state index contributed by atoms with van der Waals surface area (Å²) in [5.74, 6) is -1.77. The molecule has 6 rings (SSSR count). The van der Waals surface area contributed by atoms with Gasteiger partial charge in [0.15, 0.2) is 12.2 Å². The van der Waals surface area contributed by atoms with E-state index < -0.39 is 52.9 Å². The number of carbonyl (C=O) groups excluding carboxylic acids is 3. The van der Waals surface area contributed by atoms with E-state index in [2.05, 4.69) is 16.3 Å². The number of esters is 2. The lowest BCUT2D eigenvalue weighted by Crippen LogP contribution is -2.74. The number of piperidine rings is 1. The van der Waals surface area contributed by atoms with E-state index in [0.717, 1.165) is 29.8 Å².